The number of hydrogen-bond donors (Lipinski definition) is 1. The number of carbonyl (C=O) groups excluding carboxylic acids is 1. The molecule has 2 aromatic rings. The van der Waals surface area contributed by atoms with Gasteiger partial charge in [-0.25, -0.2) is 0 Å². The Morgan fingerprint density at radius 2 is 1.77 bits per heavy atom. The zero-order valence-electron chi connectivity index (χ0n) is 12.5. The van der Waals surface area contributed by atoms with Crippen LogP contribution >= 0.6 is 0 Å². The van der Waals surface area contributed by atoms with Gasteiger partial charge < -0.3 is 15.2 Å². The van der Waals surface area contributed by atoms with E-state index in [1.165, 1.54) is 18.2 Å². The molecule has 0 aliphatic heterocycles. The molecule has 0 bridgehead atoms. The number of nitrogens with zero attached hydrogens (tertiary/aromatic N) is 1. The van der Waals surface area contributed by atoms with Crippen LogP contribution in [0.5, 0.6) is 0 Å². The number of carboxylic acid groups (broad SMARTS) is 1. The smallest absolute Gasteiger partial charge is 0.545 e. The molecule has 2 rings (SSSR count). The Hall–Kier alpha value is -1.89. The third-order valence-electron chi connectivity index (χ3n) is 3.32. The molecule has 0 radical (unpaired) electrons. The summed E-state index contributed by atoms with van der Waals surface area (Å²) in [6.45, 7) is 3.75. The van der Waals surface area contributed by atoms with Gasteiger partial charge in [-0.05, 0) is 31.0 Å². The third-order valence-corrected chi connectivity index (χ3v) is 3.32. The van der Waals surface area contributed by atoms with Crippen molar-refractivity contribution in [3.63, 3.8) is 0 Å². The summed E-state index contributed by atoms with van der Waals surface area (Å²) in [6, 6.07) is 9.27. The molecule has 0 aliphatic rings. The van der Waals surface area contributed by atoms with E-state index >= 15 is 0 Å². The second-order valence-corrected chi connectivity index (χ2v) is 4.62. The molecule has 0 saturated carbocycles. The maximum Gasteiger partial charge on any atom is 1.00 e. The number of aromatic carboxylic acids is 1. The monoisotopic (exact) mass is 308 g/mol. The minimum Gasteiger partial charge on any atom is -0.545 e. The van der Waals surface area contributed by atoms with E-state index in [1.54, 1.807) is 12.1 Å². The number of benzene rings is 2. The number of para-hydroxylation sites is 1. The van der Waals surface area contributed by atoms with Gasteiger partial charge in [-0.15, -0.1) is 0 Å². The van der Waals surface area contributed by atoms with Gasteiger partial charge in [-0.3, -0.25) is 10.1 Å². The van der Waals surface area contributed by atoms with Crippen molar-refractivity contribution in [2.24, 2.45) is 0 Å². The molecule has 0 atom stereocenters. The molecule has 6 nitrogen and oxygen atoms in total. The molecule has 0 spiro atoms. The van der Waals surface area contributed by atoms with E-state index in [9.17, 15) is 20.0 Å². The zero-order valence-corrected chi connectivity index (χ0v) is 14.5. The van der Waals surface area contributed by atoms with Gasteiger partial charge in [0.15, 0.2) is 0 Å². The number of carbonyl (C=O) groups is 1. The standard InChI is InChI=1S/C15H14N2O4.Na/c1-9-5-3-7-12(10(9)2)16-14-11(15(18)19)6-4-8-13(14)17(20)21;/h3-8,16H,1-2H3,(H,18,19);/q;+1/p-1. The number of rotatable bonds is 4. The summed E-state index contributed by atoms with van der Waals surface area (Å²) in [6.07, 6.45) is 0. The summed E-state index contributed by atoms with van der Waals surface area (Å²) in [5.74, 6) is -1.47. The fourth-order valence-electron chi connectivity index (χ4n) is 2.01. The number of nitrogens with one attached hydrogen (secondary N) is 1. The summed E-state index contributed by atoms with van der Waals surface area (Å²) in [4.78, 5) is 21.6. The molecular weight excluding hydrogens is 295 g/mol. The van der Waals surface area contributed by atoms with Crippen LogP contribution in [0.15, 0.2) is 36.4 Å². The predicted octanol–water partition coefficient (Wildman–Crippen LogP) is -0.677. The number of hydrogen-bond acceptors (Lipinski definition) is 5. The van der Waals surface area contributed by atoms with Crippen LogP contribution in [0.1, 0.15) is 21.5 Å². The summed E-state index contributed by atoms with van der Waals surface area (Å²) >= 11 is 0. The fourth-order valence-corrected chi connectivity index (χ4v) is 2.01. The molecule has 0 amide bonds. The molecule has 0 unspecified atom stereocenters. The van der Waals surface area contributed by atoms with Crippen LogP contribution in [0, 0.1) is 24.0 Å². The number of aryl methyl sites for hydroxylation is 1. The number of nitro benzene ring substituents is 1. The second kappa shape index (κ2) is 7.40. The van der Waals surface area contributed by atoms with Gasteiger partial charge in [-0.1, -0.05) is 24.3 Å². The molecule has 0 fully saturated rings. The Kier molecular flexibility index (Phi) is 6.11. The first-order valence-corrected chi connectivity index (χ1v) is 6.24. The molecule has 0 saturated heterocycles. The van der Waals surface area contributed by atoms with E-state index in [1.807, 2.05) is 19.9 Å². The summed E-state index contributed by atoms with van der Waals surface area (Å²) in [7, 11) is 0. The van der Waals surface area contributed by atoms with Gasteiger partial charge in [0.2, 0.25) is 0 Å². The van der Waals surface area contributed by atoms with Crippen molar-refractivity contribution in [1.82, 2.24) is 0 Å². The average Bonchev–Trinajstić information content (AvgIpc) is 2.43. The molecular formula is C15H13N2NaO4. The van der Waals surface area contributed by atoms with Crippen molar-refractivity contribution < 1.29 is 44.4 Å². The van der Waals surface area contributed by atoms with Crippen LogP contribution < -0.4 is 40.0 Å². The Labute approximate surface area is 149 Å². The Balaban J connectivity index is 0.00000242. The van der Waals surface area contributed by atoms with Crippen LogP contribution in [-0.4, -0.2) is 10.9 Å². The first-order chi connectivity index (χ1) is 9.91. The van der Waals surface area contributed by atoms with Crippen molar-refractivity contribution in [2.75, 3.05) is 5.32 Å². The third kappa shape index (κ3) is 3.65. The first-order valence-electron chi connectivity index (χ1n) is 6.24. The fraction of sp³-hybridized carbons (Fsp3) is 0.133. The molecule has 2 aromatic carbocycles. The van der Waals surface area contributed by atoms with Gasteiger partial charge in [-0.2, -0.15) is 0 Å². The van der Waals surface area contributed by atoms with E-state index in [4.69, 9.17) is 0 Å². The molecule has 0 aliphatic carbocycles. The van der Waals surface area contributed by atoms with Crippen LogP contribution in [0.25, 0.3) is 0 Å². The molecule has 0 heterocycles. The summed E-state index contributed by atoms with van der Waals surface area (Å²) in [5.41, 5.74) is 1.87. The van der Waals surface area contributed by atoms with E-state index < -0.39 is 10.9 Å². The largest absolute Gasteiger partial charge is 1.00 e. The SMILES string of the molecule is Cc1cccc(Nc2c(C(=O)[O-])cccc2[N+](=O)[O-])c1C.[Na+]. The normalized spacial score (nSPS) is 9.73. The molecule has 22 heavy (non-hydrogen) atoms. The van der Waals surface area contributed by atoms with Gasteiger partial charge >= 0.3 is 29.6 Å². The Morgan fingerprint density at radius 1 is 1.14 bits per heavy atom. The number of carboxylic acids is 1. The maximum absolute atomic E-state index is 11.2. The second-order valence-electron chi connectivity index (χ2n) is 4.62. The van der Waals surface area contributed by atoms with E-state index in [2.05, 4.69) is 5.32 Å². The van der Waals surface area contributed by atoms with Crippen molar-refractivity contribution in [3.05, 3.63) is 63.2 Å². The van der Waals surface area contributed by atoms with Crippen molar-refractivity contribution in [3.8, 4) is 0 Å². The summed E-state index contributed by atoms with van der Waals surface area (Å²) in [5, 5.41) is 25.1. The van der Waals surface area contributed by atoms with E-state index in [0.717, 1.165) is 11.1 Å². The van der Waals surface area contributed by atoms with Gasteiger partial charge in [0.05, 0.1) is 10.9 Å². The summed E-state index contributed by atoms with van der Waals surface area (Å²) < 4.78 is 0. The first kappa shape index (κ1) is 18.2. The van der Waals surface area contributed by atoms with Gasteiger partial charge in [0.1, 0.15) is 5.69 Å². The zero-order chi connectivity index (χ0) is 15.6. The predicted molar refractivity (Wildman–Crippen MR) is 76.6 cm³/mol. The van der Waals surface area contributed by atoms with Gasteiger partial charge in [0.25, 0.3) is 5.69 Å². The van der Waals surface area contributed by atoms with E-state index in [-0.39, 0.29) is 46.5 Å². The van der Waals surface area contributed by atoms with Crippen LogP contribution in [0.4, 0.5) is 17.1 Å². The average molecular weight is 308 g/mol. The van der Waals surface area contributed by atoms with Crippen molar-refractivity contribution in [1.29, 1.82) is 0 Å². The Morgan fingerprint density at radius 3 is 2.36 bits per heavy atom. The van der Waals surface area contributed by atoms with Crippen LogP contribution in [0.2, 0.25) is 0 Å². The maximum atomic E-state index is 11.2. The van der Waals surface area contributed by atoms with Crippen molar-refractivity contribution >= 4 is 23.0 Å². The molecule has 0 aromatic heterocycles. The van der Waals surface area contributed by atoms with Crippen LogP contribution in [0.3, 0.4) is 0 Å². The minimum atomic E-state index is -1.47. The Bertz CT molecular complexity index is 699. The van der Waals surface area contributed by atoms with Gasteiger partial charge in [0, 0.05) is 17.3 Å². The quantitative estimate of drug-likeness (QED) is 0.459. The van der Waals surface area contributed by atoms with Crippen LogP contribution in [-0.2, 0) is 0 Å². The van der Waals surface area contributed by atoms with Crippen molar-refractivity contribution in [2.45, 2.75) is 13.8 Å². The topological polar surface area (TPSA) is 95.3 Å². The number of nitro groups is 1. The number of anilines is 2. The minimum absolute atomic E-state index is 0. The molecule has 1 N–H and O–H groups in total. The van der Waals surface area contributed by atoms with E-state index in [0.29, 0.717) is 5.69 Å². The molecule has 108 valence electrons. The molecule has 7 heteroatoms.